The molecule has 0 amide bonds. The summed E-state index contributed by atoms with van der Waals surface area (Å²) in [4.78, 5) is 13.6. The Hall–Kier alpha value is -2.29. The zero-order chi connectivity index (χ0) is 23.5. The van der Waals surface area contributed by atoms with Crippen LogP contribution < -0.4 is 0 Å². The van der Waals surface area contributed by atoms with Crippen molar-refractivity contribution in [2.45, 2.75) is 50.6 Å². The van der Waals surface area contributed by atoms with Crippen LogP contribution in [0.4, 0.5) is 26.3 Å². The minimum atomic E-state index is -4.50. The van der Waals surface area contributed by atoms with Gasteiger partial charge in [-0.1, -0.05) is 36.4 Å². The minimum absolute atomic E-state index is 0.0332. The number of likely N-dealkylation sites (tertiary alicyclic amines) is 1. The van der Waals surface area contributed by atoms with Crippen LogP contribution in [0, 0.1) is 11.8 Å². The predicted molar refractivity (Wildman–Crippen MR) is 106 cm³/mol. The second kappa shape index (κ2) is 9.68. The number of esters is 1. The number of allylic oxidation sites excluding steroid dienone is 3. The third-order valence-electron chi connectivity index (χ3n) is 6.20. The summed E-state index contributed by atoms with van der Waals surface area (Å²) in [6.45, 7) is 0.476. The molecule has 0 N–H and O–H groups in total. The quantitative estimate of drug-likeness (QED) is 0.403. The summed E-state index contributed by atoms with van der Waals surface area (Å²) < 4.78 is 84.1. The lowest BCUT2D eigenvalue weighted by Crippen LogP contribution is -2.46. The van der Waals surface area contributed by atoms with E-state index in [4.69, 9.17) is 4.74 Å². The Morgan fingerprint density at radius 1 is 1.12 bits per heavy atom. The maximum Gasteiger partial charge on any atom is 0.416 e. The van der Waals surface area contributed by atoms with Crippen LogP contribution in [0.25, 0.3) is 0 Å². The van der Waals surface area contributed by atoms with Crippen LogP contribution in [-0.2, 0) is 22.3 Å². The van der Waals surface area contributed by atoms with Gasteiger partial charge >= 0.3 is 18.3 Å². The summed E-state index contributed by atoms with van der Waals surface area (Å²) in [5.74, 6) is -0.703. The van der Waals surface area contributed by atoms with Crippen molar-refractivity contribution in [3.05, 3.63) is 59.2 Å². The molecule has 1 aromatic carbocycles. The Morgan fingerprint density at radius 3 is 2.44 bits per heavy atom. The van der Waals surface area contributed by atoms with Gasteiger partial charge in [0.05, 0.1) is 18.2 Å². The van der Waals surface area contributed by atoms with E-state index >= 15 is 0 Å². The standard InChI is InChI=1S/C23H25F6NO2/c1-32-21(31)13-15-10-11-30(14-17-4-2-3-5-19(17)23(27,28)29)20(12-15)16-6-8-18(9-7-16)22(24,25)26/h2-6,8-9,15-16,20H,7,10-14H2,1H3/t15-,16?,20+/m0/s1. The van der Waals surface area contributed by atoms with Gasteiger partial charge in [-0.05, 0) is 49.3 Å². The number of carbonyl (C=O) groups excluding carboxylic acids is 1. The highest BCUT2D eigenvalue weighted by molar-refractivity contribution is 5.69. The second-order valence-corrected chi connectivity index (χ2v) is 8.28. The highest BCUT2D eigenvalue weighted by Crippen LogP contribution is 2.39. The second-order valence-electron chi connectivity index (χ2n) is 8.28. The van der Waals surface area contributed by atoms with Crippen LogP contribution in [0.15, 0.2) is 48.1 Å². The molecule has 1 aliphatic heterocycles. The molecule has 32 heavy (non-hydrogen) atoms. The number of methoxy groups -OCH3 is 1. The molecule has 1 aromatic rings. The van der Waals surface area contributed by atoms with Crippen LogP contribution in [0.1, 0.15) is 36.8 Å². The van der Waals surface area contributed by atoms with Crippen molar-refractivity contribution in [2.75, 3.05) is 13.7 Å². The van der Waals surface area contributed by atoms with Crippen molar-refractivity contribution in [1.29, 1.82) is 0 Å². The smallest absolute Gasteiger partial charge is 0.416 e. The Morgan fingerprint density at radius 2 is 1.84 bits per heavy atom. The van der Waals surface area contributed by atoms with Gasteiger partial charge in [-0.25, -0.2) is 0 Å². The lowest BCUT2D eigenvalue weighted by Gasteiger charge is -2.43. The summed E-state index contributed by atoms with van der Waals surface area (Å²) in [7, 11) is 1.29. The summed E-state index contributed by atoms with van der Waals surface area (Å²) in [5, 5.41) is 0. The number of piperidine rings is 1. The number of ether oxygens (including phenoxy) is 1. The first-order valence-electron chi connectivity index (χ1n) is 10.4. The summed E-state index contributed by atoms with van der Waals surface area (Å²) >= 11 is 0. The van der Waals surface area contributed by atoms with Gasteiger partial charge in [-0.3, -0.25) is 9.69 Å². The van der Waals surface area contributed by atoms with Gasteiger partial charge in [-0.15, -0.1) is 0 Å². The molecule has 0 aromatic heterocycles. The molecule has 2 aliphatic rings. The van der Waals surface area contributed by atoms with Crippen molar-refractivity contribution in [3.63, 3.8) is 0 Å². The van der Waals surface area contributed by atoms with Crippen LogP contribution in [-0.4, -0.2) is 36.7 Å². The highest BCUT2D eigenvalue weighted by Gasteiger charge is 2.39. The molecule has 1 saturated heterocycles. The number of alkyl halides is 6. The lowest BCUT2D eigenvalue weighted by molar-refractivity contribution is -0.142. The number of nitrogens with zero attached hydrogens (tertiary/aromatic N) is 1. The first-order chi connectivity index (χ1) is 15.0. The van der Waals surface area contributed by atoms with E-state index in [1.165, 1.54) is 25.3 Å². The number of rotatable bonds is 5. The van der Waals surface area contributed by atoms with Gasteiger partial charge in [0.2, 0.25) is 0 Å². The zero-order valence-electron chi connectivity index (χ0n) is 17.5. The number of halogens is 6. The summed E-state index contributed by atoms with van der Waals surface area (Å²) in [6, 6.07) is 5.05. The fourth-order valence-corrected chi connectivity index (χ4v) is 4.55. The zero-order valence-corrected chi connectivity index (χ0v) is 17.5. The number of hydrogen-bond donors (Lipinski definition) is 0. The van der Waals surface area contributed by atoms with Gasteiger partial charge in [0.1, 0.15) is 0 Å². The van der Waals surface area contributed by atoms with Crippen molar-refractivity contribution >= 4 is 5.97 Å². The minimum Gasteiger partial charge on any atom is -0.469 e. The summed E-state index contributed by atoms with van der Waals surface area (Å²) in [6.07, 6.45) is -3.85. The molecule has 3 atom stereocenters. The van der Waals surface area contributed by atoms with Crippen LogP contribution >= 0.6 is 0 Å². The van der Waals surface area contributed by atoms with Gasteiger partial charge in [0.25, 0.3) is 0 Å². The Kier molecular flexibility index (Phi) is 7.37. The molecular weight excluding hydrogens is 436 g/mol. The van der Waals surface area contributed by atoms with E-state index in [-0.39, 0.29) is 48.8 Å². The molecule has 1 fully saturated rings. The van der Waals surface area contributed by atoms with Crippen LogP contribution in [0.3, 0.4) is 0 Å². The van der Waals surface area contributed by atoms with Crippen molar-refractivity contribution < 1.29 is 35.9 Å². The highest BCUT2D eigenvalue weighted by atomic mass is 19.4. The van der Waals surface area contributed by atoms with Gasteiger partial charge in [0, 0.05) is 19.0 Å². The molecule has 3 rings (SSSR count). The van der Waals surface area contributed by atoms with E-state index in [1.54, 1.807) is 6.07 Å². The van der Waals surface area contributed by atoms with Gasteiger partial charge in [-0.2, -0.15) is 26.3 Å². The fraction of sp³-hybridized carbons (Fsp3) is 0.522. The topological polar surface area (TPSA) is 29.5 Å². The van der Waals surface area contributed by atoms with Crippen molar-refractivity contribution in [3.8, 4) is 0 Å². The van der Waals surface area contributed by atoms with E-state index in [0.717, 1.165) is 18.2 Å². The normalized spacial score (nSPS) is 24.8. The maximum absolute atomic E-state index is 13.5. The van der Waals surface area contributed by atoms with E-state index in [1.807, 2.05) is 4.90 Å². The number of benzene rings is 1. The van der Waals surface area contributed by atoms with Crippen molar-refractivity contribution in [2.24, 2.45) is 11.8 Å². The summed E-state index contributed by atoms with van der Waals surface area (Å²) in [5.41, 5.74) is -1.30. The third-order valence-corrected chi connectivity index (χ3v) is 6.20. The van der Waals surface area contributed by atoms with Gasteiger partial charge in [0.15, 0.2) is 0 Å². The average molecular weight is 461 g/mol. The monoisotopic (exact) mass is 461 g/mol. The van der Waals surface area contributed by atoms with Gasteiger partial charge < -0.3 is 4.74 Å². The SMILES string of the molecule is COC(=O)C[C@H]1CCN(Cc2ccccc2C(F)(F)F)[C@@H](C2C=CC(C(F)(F)F)=CC2)C1. The lowest BCUT2D eigenvalue weighted by atomic mass is 9.79. The average Bonchev–Trinajstić information content (AvgIpc) is 2.74. The first-order valence-corrected chi connectivity index (χ1v) is 10.4. The molecule has 0 bridgehead atoms. The molecule has 9 heteroatoms. The molecule has 0 radical (unpaired) electrons. The molecule has 0 spiro atoms. The van der Waals surface area contributed by atoms with Crippen LogP contribution in [0.5, 0.6) is 0 Å². The van der Waals surface area contributed by atoms with E-state index in [0.29, 0.717) is 19.4 Å². The molecule has 1 aliphatic carbocycles. The van der Waals surface area contributed by atoms with Crippen molar-refractivity contribution in [1.82, 2.24) is 4.90 Å². The molecule has 3 nitrogen and oxygen atoms in total. The first kappa shape index (κ1) is 24.4. The molecular formula is C23H25F6NO2. The largest absolute Gasteiger partial charge is 0.469 e. The third kappa shape index (κ3) is 5.94. The maximum atomic E-state index is 13.5. The number of carbonyl (C=O) groups is 1. The molecule has 176 valence electrons. The predicted octanol–water partition coefficient (Wildman–Crippen LogP) is 5.91. The number of hydrogen-bond acceptors (Lipinski definition) is 3. The van der Waals surface area contributed by atoms with E-state index in [9.17, 15) is 31.1 Å². The Labute approximate surface area is 182 Å². The molecule has 1 heterocycles. The fourth-order valence-electron chi connectivity index (χ4n) is 4.55. The Balaban J connectivity index is 1.83. The molecule has 1 unspecified atom stereocenters. The van der Waals surface area contributed by atoms with E-state index < -0.39 is 23.5 Å². The Bertz CT molecular complexity index is 874. The van der Waals surface area contributed by atoms with Crippen LogP contribution in [0.2, 0.25) is 0 Å². The van der Waals surface area contributed by atoms with E-state index in [2.05, 4.69) is 0 Å². The molecule has 0 saturated carbocycles.